The van der Waals surface area contributed by atoms with Crippen molar-refractivity contribution in [2.45, 2.75) is 39.8 Å². The molecule has 0 spiro atoms. The van der Waals surface area contributed by atoms with Crippen molar-refractivity contribution in [1.82, 2.24) is 14.8 Å². The molecular formula is C24H29N3O4. The summed E-state index contributed by atoms with van der Waals surface area (Å²) in [5.41, 5.74) is 3.08. The summed E-state index contributed by atoms with van der Waals surface area (Å²) in [7, 11) is 0. The van der Waals surface area contributed by atoms with Gasteiger partial charge in [-0.15, -0.1) is 0 Å². The predicted molar refractivity (Wildman–Crippen MR) is 116 cm³/mol. The molecule has 1 fully saturated rings. The smallest absolute Gasteiger partial charge is 0.307 e. The van der Waals surface area contributed by atoms with Crippen LogP contribution in [0.5, 0.6) is 0 Å². The fourth-order valence-electron chi connectivity index (χ4n) is 3.70. The van der Waals surface area contributed by atoms with Gasteiger partial charge in [0.2, 0.25) is 11.8 Å². The Hall–Kier alpha value is -3.22. The molecule has 0 aliphatic carbocycles. The molecular weight excluding hydrogens is 394 g/mol. The molecule has 0 radical (unpaired) electrons. The molecule has 1 aromatic heterocycles. The minimum absolute atomic E-state index is 0.0226. The molecule has 2 amide bonds. The van der Waals surface area contributed by atoms with E-state index < -0.39 is 5.92 Å². The average molecular weight is 424 g/mol. The number of likely N-dealkylation sites (tertiary alicyclic amines) is 1. The zero-order valence-corrected chi connectivity index (χ0v) is 18.1. The van der Waals surface area contributed by atoms with E-state index in [0.717, 1.165) is 16.7 Å². The molecule has 2 heterocycles. The van der Waals surface area contributed by atoms with Gasteiger partial charge in [0.1, 0.15) is 0 Å². The molecule has 2 aromatic rings. The number of amides is 2. The third-order valence-electron chi connectivity index (χ3n) is 5.36. The SMILES string of the molecule is CCOC(=O)CCN(Cc1cccnc1)C(=O)C1CC(=O)N(Cc2ccc(C)cc2)C1. The maximum atomic E-state index is 13.3. The molecule has 1 aliphatic heterocycles. The maximum Gasteiger partial charge on any atom is 0.307 e. The number of aromatic nitrogens is 1. The average Bonchev–Trinajstić information content (AvgIpc) is 3.13. The number of esters is 1. The molecule has 0 saturated carbocycles. The highest BCUT2D eigenvalue weighted by Gasteiger charge is 2.36. The molecule has 1 aliphatic rings. The van der Waals surface area contributed by atoms with Gasteiger partial charge in [-0.3, -0.25) is 19.4 Å². The van der Waals surface area contributed by atoms with E-state index in [-0.39, 0.29) is 37.2 Å². The summed E-state index contributed by atoms with van der Waals surface area (Å²) in [6.45, 7) is 5.54. The second-order valence-electron chi connectivity index (χ2n) is 7.84. The van der Waals surface area contributed by atoms with Crippen LogP contribution in [-0.2, 0) is 32.2 Å². The van der Waals surface area contributed by atoms with E-state index in [4.69, 9.17) is 4.74 Å². The Morgan fingerprint density at radius 2 is 1.97 bits per heavy atom. The van der Waals surface area contributed by atoms with Crippen LogP contribution in [0.4, 0.5) is 0 Å². The van der Waals surface area contributed by atoms with Crippen LogP contribution in [0.2, 0.25) is 0 Å². The molecule has 164 valence electrons. The molecule has 0 N–H and O–H groups in total. The van der Waals surface area contributed by atoms with Gasteiger partial charge in [0.25, 0.3) is 0 Å². The number of aryl methyl sites for hydroxylation is 1. The highest BCUT2D eigenvalue weighted by Crippen LogP contribution is 2.23. The van der Waals surface area contributed by atoms with Crippen LogP contribution in [-0.4, -0.2) is 52.3 Å². The van der Waals surface area contributed by atoms with Crippen LogP contribution < -0.4 is 0 Å². The molecule has 31 heavy (non-hydrogen) atoms. The Morgan fingerprint density at radius 1 is 1.19 bits per heavy atom. The normalized spacial score (nSPS) is 15.7. The van der Waals surface area contributed by atoms with Gasteiger partial charge in [-0.2, -0.15) is 0 Å². The van der Waals surface area contributed by atoms with Crippen LogP contribution in [0, 0.1) is 12.8 Å². The summed E-state index contributed by atoms with van der Waals surface area (Å²) in [6, 6.07) is 11.7. The van der Waals surface area contributed by atoms with Crippen molar-refractivity contribution in [1.29, 1.82) is 0 Å². The highest BCUT2D eigenvalue weighted by atomic mass is 16.5. The minimum Gasteiger partial charge on any atom is -0.466 e. The monoisotopic (exact) mass is 423 g/mol. The van der Waals surface area contributed by atoms with E-state index in [1.807, 2.05) is 43.3 Å². The van der Waals surface area contributed by atoms with Gasteiger partial charge >= 0.3 is 5.97 Å². The van der Waals surface area contributed by atoms with Crippen molar-refractivity contribution in [2.24, 2.45) is 5.92 Å². The minimum atomic E-state index is -0.420. The van der Waals surface area contributed by atoms with E-state index in [1.165, 1.54) is 0 Å². The number of hydrogen-bond acceptors (Lipinski definition) is 5. The van der Waals surface area contributed by atoms with E-state index >= 15 is 0 Å². The van der Waals surface area contributed by atoms with Crippen molar-refractivity contribution in [2.75, 3.05) is 19.7 Å². The third-order valence-corrected chi connectivity index (χ3v) is 5.36. The third kappa shape index (κ3) is 6.38. The summed E-state index contributed by atoms with van der Waals surface area (Å²) in [4.78, 5) is 45.2. The molecule has 1 saturated heterocycles. The summed E-state index contributed by atoms with van der Waals surface area (Å²) >= 11 is 0. The van der Waals surface area contributed by atoms with E-state index in [1.54, 1.807) is 29.1 Å². The molecule has 0 bridgehead atoms. The molecule has 7 nitrogen and oxygen atoms in total. The zero-order chi connectivity index (χ0) is 22.2. The number of pyridine rings is 1. The number of ether oxygens (including phenoxy) is 1. The standard InChI is InChI=1S/C24H29N3O4/c1-3-31-23(29)10-12-26(16-20-5-4-11-25-14-20)24(30)21-13-22(28)27(17-21)15-19-8-6-18(2)7-9-19/h4-9,11,14,21H,3,10,12-13,15-17H2,1-2H3. The van der Waals surface area contributed by atoms with Crippen LogP contribution in [0.3, 0.4) is 0 Å². The first-order chi connectivity index (χ1) is 15.0. The number of benzene rings is 1. The number of hydrogen-bond donors (Lipinski definition) is 0. The summed E-state index contributed by atoms with van der Waals surface area (Å²) in [5, 5.41) is 0. The maximum absolute atomic E-state index is 13.3. The molecule has 1 unspecified atom stereocenters. The fraction of sp³-hybridized carbons (Fsp3) is 0.417. The van der Waals surface area contributed by atoms with E-state index in [2.05, 4.69) is 4.98 Å². The Morgan fingerprint density at radius 3 is 2.65 bits per heavy atom. The van der Waals surface area contributed by atoms with Crippen LogP contribution in [0.1, 0.15) is 36.5 Å². The summed E-state index contributed by atoms with van der Waals surface area (Å²) in [6.07, 6.45) is 3.68. The van der Waals surface area contributed by atoms with Gasteiger partial charge in [0.05, 0.1) is 18.9 Å². The second-order valence-corrected chi connectivity index (χ2v) is 7.84. The Kier molecular flexibility index (Phi) is 7.76. The topological polar surface area (TPSA) is 79.8 Å². The van der Waals surface area contributed by atoms with Gasteiger partial charge in [-0.1, -0.05) is 35.9 Å². The van der Waals surface area contributed by atoms with Gasteiger partial charge < -0.3 is 14.5 Å². The van der Waals surface area contributed by atoms with Gasteiger partial charge in [-0.05, 0) is 31.0 Å². The van der Waals surface area contributed by atoms with Crippen molar-refractivity contribution in [3.63, 3.8) is 0 Å². The lowest BCUT2D eigenvalue weighted by Crippen LogP contribution is -2.38. The lowest BCUT2D eigenvalue weighted by molar-refractivity contribution is -0.144. The second kappa shape index (κ2) is 10.7. The fourth-order valence-corrected chi connectivity index (χ4v) is 3.70. The van der Waals surface area contributed by atoms with Crippen molar-refractivity contribution >= 4 is 17.8 Å². The Balaban J connectivity index is 1.66. The quantitative estimate of drug-likeness (QED) is 0.580. The Bertz CT molecular complexity index is 899. The highest BCUT2D eigenvalue weighted by molar-refractivity contribution is 5.89. The number of nitrogens with zero attached hydrogens (tertiary/aromatic N) is 3. The number of carbonyl (C=O) groups excluding carboxylic acids is 3. The van der Waals surface area contributed by atoms with Crippen LogP contribution in [0.15, 0.2) is 48.8 Å². The van der Waals surface area contributed by atoms with E-state index in [9.17, 15) is 14.4 Å². The Labute approximate surface area is 183 Å². The first kappa shape index (κ1) is 22.5. The van der Waals surface area contributed by atoms with Gasteiger partial charge in [0.15, 0.2) is 0 Å². The van der Waals surface area contributed by atoms with Crippen molar-refractivity contribution in [3.8, 4) is 0 Å². The van der Waals surface area contributed by atoms with Crippen LogP contribution >= 0.6 is 0 Å². The van der Waals surface area contributed by atoms with Gasteiger partial charge in [-0.25, -0.2) is 0 Å². The lowest BCUT2D eigenvalue weighted by Gasteiger charge is -2.25. The first-order valence-corrected chi connectivity index (χ1v) is 10.6. The van der Waals surface area contributed by atoms with Crippen molar-refractivity contribution < 1.29 is 19.1 Å². The molecule has 1 atom stereocenters. The number of carbonyl (C=O) groups is 3. The van der Waals surface area contributed by atoms with E-state index in [0.29, 0.717) is 26.2 Å². The van der Waals surface area contributed by atoms with Gasteiger partial charge in [0, 0.05) is 45.0 Å². The first-order valence-electron chi connectivity index (χ1n) is 10.6. The summed E-state index contributed by atoms with van der Waals surface area (Å²) < 4.78 is 5.00. The summed E-state index contributed by atoms with van der Waals surface area (Å²) in [5.74, 6) is -0.898. The number of rotatable bonds is 9. The largest absolute Gasteiger partial charge is 0.466 e. The zero-order valence-electron chi connectivity index (χ0n) is 18.1. The predicted octanol–water partition coefficient (Wildman–Crippen LogP) is 2.72. The van der Waals surface area contributed by atoms with Crippen molar-refractivity contribution in [3.05, 3.63) is 65.5 Å². The molecule has 7 heteroatoms. The molecule has 1 aromatic carbocycles. The van der Waals surface area contributed by atoms with Crippen LogP contribution in [0.25, 0.3) is 0 Å². The lowest BCUT2D eigenvalue weighted by atomic mass is 10.1. The molecule has 3 rings (SSSR count).